The van der Waals surface area contributed by atoms with Crippen molar-refractivity contribution in [3.63, 3.8) is 0 Å². The molecule has 3 aromatic rings. The molecular weight excluding hydrogens is 515 g/mol. The Bertz CT molecular complexity index is 1250. The highest BCUT2D eigenvalue weighted by Crippen LogP contribution is 2.35. The lowest BCUT2D eigenvalue weighted by molar-refractivity contribution is -0.141. The number of halogens is 4. The summed E-state index contributed by atoms with van der Waals surface area (Å²) < 4.78 is 67.0. The van der Waals surface area contributed by atoms with Gasteiger partial charge in [0.1, 0.15) is 0 Å². The van der Waals surface area contributed by atoms with E-state index < -0.39 is 26.9 Å². The van der Waals surface area contributed by atoms with Crippen LogP contribution in [0.15, 0.2) is 47.6 Å². The van der Waals surface area contributed by atoms with Crippen molar-refractivity contribution in [1.82, 2.24) is 25.1 Å². The fourth-order valence-corrected chi connectivity index (χ4v) is 4.20. The highest BCUT2D eigenvalue weighted by atomic mass is 35.5. The van der Waals surface area contributed by atoms with E-state index in [4.69, 9.17) is 23.8 Å². The van der Waals surface area contributed by atoms with Crippen molar-refractivity contribution < 1.29 is 21.6 Å². The van der Waals surface area contributed by atoms with Crippen LogP contribution in [-0.4, -0.2) is 39.8 Å². The molecule has 15 heteroatoms. The quantitative estimate of drug-likeness (QED) is 0.296. The molecule has 0 saturated carbocycles. The number of aryl methyl sites for hydroxylation is 1. The normalized spacial score (nSPS) is 11.8. The second-order valence-electron chi connectivity index (χ2n) is 6.91. The number of alkyl halides is 3. The number of sulfonamides is 1. The molecule has 0 radical (unpaired) electrons. The lowest BCUT2D eigenvalue weighted by Gasteiger charge is -2.12. The molecular formula is C19H19ClF3N7O2S2. The molecule has 0 bridgehead atoms. The molecule has 0 atom stereocenters. The first-order valence-electron chi connectivity index (χ1n) is 9.72. The number of thiocarbonyl (C=S) groups is 1. The Hall–Kier alpha value is -2.97. The van der Waals surface area contributed by atoms with Crippen molar-refractivity contribution in [2.45, 2.75) is 31.0 Å². The van der Waals surface area contributed by atoms with Gasteiger partial charge in [0.2, 0.25) is 5.95 Å². The van der Waals surface area contributed by atoms with Crippen LogP contribution in [0, 0.1) is 6.92 Å². The molecule has 0 unspecified atom stereocenters. The standard InChI is InChI=1S/C19H19ClF3N7O2S2/c1-12-15(20)16(19(21,22)23)28-30(12)11-3-10-26-18(33)27-13-4-6-14(7-5-13)34(31,32)29-17-24-8-2-9-25-17/h2,4-9H,3,10-11H2,1H3,(H,24,25,29)(H2,26,27,33). The zero-order chi connectivity index (χ0) is 24.9. The predicted molar refractivity (Wildman–Crippen MR) is 125 cm³/mol. The molecule has 182 valence electrons. The number of anilines is 2. The Morgan fingerprint density at radius 3 is 2.41 bits per heavy atom. The first-order valence-corrected chi connectivity index (χ1v) is 12.0. The van der Waals surface area contributed by atoms with E-state index in [2.05, 4.69) is 30.4 Å². The average Bonchev–Trinajstić information content (AvgIpc) is 3.06. The van der Waals surface area contributed by atoms with Crippen molar-refractivity contribution in [3.05, 3.63) is 59.1 Å². The Kier molecular flexibility index (Phi) is 7.94. The first-order chi connectivity index (χ1) is 16.0. The molecule has 0 fully saturated rings. The van der Waals surface area contributed by atoms with Gasteiger partial charge in [0.05, 0.1) is 15.6 Å². The molecule has 0 saturated heterocycles. The van der Waals surface area contributed by atoms with Gasteiger partial charge in [-0.15, -0.1) is 0 Å². The van der Waals surface area contributed by atoms with E-state index in [9.17, 15) is 21.6 Å². The van der Waals surface area contributed by atoms with Crippen LogP contribution in [-0.2, 0) is 22.7 Å². The smallest absolute Gasteiger partial charge is 0.362 e. The average molecular weight is 534 g/mol. The number of benzene rings is 1. The molecule has 9 nitrogen and oxygen atoms in total. The Balaban J connectivity index is 1.48. The fourth-order valence-electron chi connectivity index (χ4n) is 2.78. The highest BCUT2D eigenvalue weighted by Gasteiger charge is 2.38. The Morgan fingerprint density at radius 1 is 1.18 bits per heavy atom. The van der Waals surface area contributed by atoms with Crippen LogP contribution in [0.4, 0.5) is 24.8 Å². The Labute approximate surface area is 203 Å². The van der Waals surface area contributed by atoms with Gasteiger partial charge >= 0.3 is 6.18 Å². The summed E-state index contributed by atoms with van der Waals surface area (Å²) in [5.41, 5.74) is -0.330. The third kappa shape index (κ3) is 6.55. The van der Waals surface area contributed by atoms with Gasteiger partial charge in [-0.25, -0.2) is 23.1 Å². The molecule has 0 aliphatic rings. The van der Waals surface area contributed by atoms with Crippen molar-refractivity contribution >= 4 is 50.6 Å². The summed E-state index contributed by atoms with van der Waals surface area (Å²) in [5, 5.41) is 9.22. The zero-order valence-corrected chi connectivity index (χ0v) is 20.0. The number of rotatable bonds is 8. The van der Waals surface area contributed by atoms with E-state index >= 15 is 0 Å². The Morgan fingerprint density at radius 2 is 1.82 bits per heavy atom. The SMILES string of the molecule is Cc1c(Cl)c(C(F)(F)F)nn1CCCNC(=S)Nc1ccc(S(=O)(=O)Nc2ncccn2)cc1. The van der Waals surface area contributed by atoms with E-state index in [1.165, 1.54) is 48.3 Å². The predicted octanol–water partition coefficient (Wildman–Crippen LogP) is 3.83. The minimum absolute atomic E-state index is 0.0101. The second kappa shape index (κ2) is 10.5. The molecule has 2 heterocycles. The van der Waals surface area contributed by atoms with Gasteiger partial charge in [-0.2, -0.15) is 18.3 Å². The lowest BCUT2D eigenvalue weighted by Crippen LogP contribution is -2.30. The van der Waals surface area contributed by atoms with Crippen LogP contribution in [0.5, 0.6) is 0 Å². The lowest BCUT2D eigenvalue weighted by atomic mass is 10.3. The third-order valence-corrected chi connectivity index (χ3v) is 6.49. The maximum atomic E-state index is 12.9. The topological polar surface area (TPSA) is 114 Å². The van der Waals surface area contributed by atoms with Gasteiger partial charge in [0.25, 0.3) is 10.0 Å². The van der Waals surface area contributed by atoms with E-state index in [1.807, 2.05) is 0 Å². The highest BCUT2D eigenvalue weighted by molar-refractivity contribution is 7.92. The van der Waals surface area contributed by atoms with Gasteiger partial charge in [-0.05, 0) is 55.9 Å². The summed E-state index contributed by atoms with van der Waals surface area (Å²) in [5.74, 6) is -0.0442. The van der Waals surface area contributed by atoms with Crippen LogP contribution in [0.2, 0.25) is 5.02 Å². The van der Waals surface area contributed by atoms with Gasteiger partial charge in [-0.3, -0.25) is 4.68 Å². The van der Waals surface area contributed by atoms with Crippen molar-refractivity contribution in [2.24, 2.45) is 0 Å². The van der Waals surface area contributed by atoms with Crippen molar-refractivity contribution in [1.29, 1.82) is 0 Å². The number of nitrogens with zero attached hydrogens (tertiary/aromatic N) is 4. The fraction of sp³-hybridized carbons (Fsp3) is 0.263. The number of aromatic nitrogens is 4. The third-order valence-electron chi connectivity index (χ3n) is 4.45. The maximum absolute atomic E-state index is 12.9. The van der Waals surface area contributed by atoms with Crippen molar-refractivity contribution in [2.75, 3.05) is 16.6 Å². The summed E-state index contributed by atoms with van der Waals surface area (Å²) >= 11 is 10.9. The molecule has 3 rings (SSSR count). The van der Waals surface area contributed by atoms with Crippen LogP contribution < -0.4 is 15.4 Å². The van der Waals surface area contributed by atoms with Gasteiger partial charge in [0, 0.05) is 31.2 Å². The molecule has 3 N–H and O–H groups in total. The van der Waals surface area contributed by atoms with E-state index in [-0.39, 0.29) is 28.2 Å². The van der Waals surface area contributed by atoms with E-state index in [0.717, 1.165) is 0 Å². The van der Waals surface area contributed by atoms with E-state index in [0.29, 0.717) is 18.7 Å². The summed E-state index contributed by atoms with van der Waals surface area (Å²) in [7, 11) is -3.86. The minimum Gasteiger partial charge on any atom is -0.362 e. The van der Waals surface area contributed by atoms with Crippen molar-refractivity contribution in [3.8, 4) is 0 Å². The number of hydrogen-bond donors (Lipinski definition) is 3. The summed E-state index contributed by atoms with van der Waals surface area (Å²) in [4.78, 5) is 7.65. The van der Waals surface area contributed by atoms with Gasteiger partial charge in [0.15, 0.2) is 10.8 Å². The summed E-state index contributed by atoms with van der Waals surface area (Å²) in [6, 6.07) is 7.40. The van der Waals surface area contributed by atoms with Crippen LogP contribution in [0.25, 0.3) is 0 Å². The van der Waals surface area contributed by atoms with E-state index in [1.54, 1.807) is 6.07 Å². The van der Waals surface area contributed by atoms with Crippen LogP contribution in [0.3, 0.4) is 0 Å². The monoisotopic (exact) mass is 533 g/mol. The summed E-state index contributed by atoms with van der Waals surface area (Å²) in [6.45, 7) is 2.04. The second-order valence-corrected chi connectivity index (χ2v) is 9.37. The molecule has 2 aromatic heterocycles. The number of nitrogens with one attached hydrogen (secondary N) is 3. The molecule has 0 aliphatic carbocycles. The molecule has 34 heavy (non-hydrogen) atoms. The van der Waals surface area contributed by atoms with Gasteiger partial charge < -0.3 is 10.6 Å². The minimum atomic E-state index is -4.61. The molecule has 0 aliphatic heterocycles. The van der Waals surface area contributed by atoms with Crippen LogP contribution in [0.1, 0.15) is 17.8 Å². The molecule has 1 aromatic carbocycles. The largest absolute Gasteiger partial charge is 0.436 e. The number of hydrogen-bond acceptors (Lipinski definition) is 6. The maximum Gasteiger partial charge on any atom is 0.436 e. The molecule has 0 amide bonds. The summed E-state index contributed by atoms with van der Waals surface area (Å²) in [6.07, 6.45) is -1.35. The molecule has 0 spiro atoms. The van der Waals surface area contributed by atoms with Gasteiger partial charge in [-0.1, -0.05) is 11.6 Å². The first kappa shape index (κ1) is 25.6. The zero-order valence-electron chi connectivity index (χ0n) is 17.6. The van der Waals surface area contributed by atoms with Crippen LogP contribution >= 0.6 is 23.8 Å².